The minimum Gasteiger partial charge on any atom is -0.481 e. The second-order valence-electron chi connectivity index (χ2n) is 1.50. The molecule has 0 aromatic rings. The van der Waals surface area contributed by atoms with Crippen LogP contribution in [-0.4, -0.2) is 11.1 Å². The maximum atomic E-state index is 9.76. The van der Waals surface area contributed by atoms with E-state index in [2.05, 4.69) is 0 Å². The van der Waals surface area contributed by atoms with Gasteiger partial charge in [0.05, 0.1) is 0 Å². The van der Waals surface area contributed by atoms with Crippen molar-refractivity contribution in [2.24, 2.45) is 0 Å². The molecule has 0 fully saturated rings. The van der Waals surface area contributed by atoms with Crippen molar-refractivity contribution in [1.29, 1.82) is 0 Å². The molecule has 0 amide bonds. The standard InChI is InChI=1S/C5H10O2.CH/c1-2-3-4-5(6)7;/h2-4H2,1H3,(H,6,7);1H. The molecule has 2 nitrogen and oxygen atoms in total. The minimum absolute atomic E-state index is 0. The zero-order chi connectivity index (χ0) is 5.70. The highest BCUT2D eigenvalue weighted by Crippen LogP contribution is 1.91. The molecular formula is C6H11O2. The fourth-order valence-electron chi connectivity index (χ4n) is 0.328. The predicted octanol–water partition coefficient (Wildman–Crippen LogP) is 1.47. The average molecular weight is 115 g/mol. The van der Waals surface area contributed by atoms with Crippen molar-refractivity contribution in [3.8, 4) is 0 Å². The summed E-state index contributed by atoms with van der Waals surface area (Å²) < 4.78 is 0. The summed E-state index contributed by atoms with van der Waals surface area (Å²) in [6.07, 6.45) is 2.08. The van der Waals surface area contributed by atoms with Crippen molar-refractivity contribution < 1.29 is 9.90 Å². The molecule has 0 rings (SSSR count). The van der Waals surface area contributed by atoms with Crippen molar-refractivity contribution in [3.63, 3.8) is 0 Å². The summed E-state index contributed by atoms with van der Waals surface area (Å²) in [5.41, 5.74) is 0. The summed E-state index contributed by atoms with van der Waals surface area (Å²) in [5.74, 6) is -0.693. The number of hydrogen-bond donors (Lipinski definition) is 1. The molecule has 0 aromatic heterocycles. The van der Waals surface area contributed by atoms with E-state index in [9.17, 15) is 4.79 Å². The normalized spacial score (nSPS) is 7.62. The molecule has 0 unspecified atom stereocenters. The van der Waals surface area contributed by atoms with Crippen LogP contribution in [0, 0.1) is 7.43 Å². The number of carbonyl (C=O) groups is 1. The summed E-state index contributed by atoms with van der Waals surface area (Å²) >= 11 is 0. The molecular weight excluding hydrogens is 104 g/mol. The molecule has 0 saturated heterocycles. The molecule has 0 aromatic carbocycles. The van der Waals surface area contributed by atoms with E-state index < -0.39 is 5.97 Å². The molecule has 0 heterocycles. The van der Waals surface area contributed by atoms with Gasteiger partial charge in [0.25, 0.3) is 0 Å². The number of hydrogen-bond acceptors (Lipinski definition) is 1. The van der Waals surface area contributed by atoms with Gasteiger partial charge in [-0.15, -0.1) is 0 Å². The third kappa shape index (κ3) is 9.08. The molecule has 0 bridgehead atoms. The monoisotopic (exact) mass is 115 g/mol. The van der Waals surface area contributed by atoms with Gasteiger partial charge in [0.2, 0.25) is 0 Å². The van der Waals surface area contributed by atoms with Crippen molar-refractivity contribution in [1.82, 2.24) is 0 Å². The molecule has 1 N–H and O–H groups in total. The maximum Gasteiger partial charge on any atom is 0.303 e. The van der Waals surface area contributed by atoms with E-state index in [4.69, 9.17) is 5.11 Å². The minimum atomic E-state index is -0.693. The van der Waals surface area contributed by atoms with E-state index in [0.29, 0.717) is 6.42 Å². The Labute approximate surface area is 50.5 Å². The fourth-order valence-corrected chi connectivity index (χ4v) is 0.328. The van der Waals surface area contributed by atoms with Gasteiger partial charge in [-0.25, -0.2) is 0 Å². The summed E-state index contributed by atoms with van der Waals surface area (Å²) in [7, 11) is 0. The highest BCUT2D eigenvalue weighted by atomic mass is 16.4. The van der Waals surface area contributed by atoms with E-state index in [0.717, 1.165) is 12.8 Å². The molecule has 3 radical (unpaired) electrons. The Hall–Kier alpha value is -0.530. The third-order valence-corrected chi connectivity index (χ3v) is 0.744. The molecule has 8 heavy (non-hydrogen) atoms. The van der Waals surface area contributed by atoms with Crippen LogP contribution in [0.15, 0.2) is 0 Å². The second kappa shape index (κ2) is 6.47. The van der Waals surface area contributed by atoms with E-state index in [1.807, 2.05) is 6.92 Å². The Kier molecular flexibility index (Phi) is 8.45. The molecule has 47 valence electrons. The summed E-state index contributed by atoms with van der Waals surface area (Å²) in [4.78, 5) is 9.76. The number of unbranched alkanes of at least 4 members (excludes halogenated alkanes) is 1. The average Bonchev–Trinajstić information content (AvgIpc) is 1.61. The predicted molar refractivity (Wildman–Crippen MR) is 31.5 cm³/mol. The largest absolute Gasteiger partial charge is 0.481 e. The topological polar surface area (TPSA) is 37.3 Å². The molecule has 0 aliphatic rings. The van der Waals surface area contributed by atoms with Gasteiger partial charge in [-0.05, 0) is 13.8 Å². The zero-order valence-electron chi connectivity index (χ0n) is 5.05. The van der Waals surface area contributed by atoms with Gasteiger partial charge >= 0.3 is 5.97 Å². The lowest BCUT2D eigenvalue weighted by Gasteiger charge is -1.85. The van der Waals surface area contributed by atoms with E-state index in [1.165, 1.54) is 0 Å². The van der Waals surface area contributed by atoms with E-state index in [-0.39, 0.29) is 7.43 Å². The molecule has 0 aliphatic heterocycles. The first-order valence-electron chi connectivity index (χ1n) is 2.49. The van der Waals surface area contributed by atoms with Gasteiger partial charge in [0.15, 0.2) is 0 Å². The van der Waals surface area contributed by atoms with Gasteiger partial charge in [0, 0.05) is 6.42 Å². The summed E-state index contributed by atoms with van der Waals surface area (Å²) in [6, 6.07) is 0. The Bertz CT molecular complexity index is 59.5. The Balaban J connectivity index is 0. The highest BCUT2D eigenvalue weighted by molar-refractivity contribution is 5.66. The first-order chi connectivity index (χ1) is 3.27. The highest BCUT2D eigenvalue weighted by Gasteiger charge is 1.90. The third-order valence-electron chi connectivity index (χ3n) is 0.744. The molecule has 0 atom stereocenters. The quantitative estimate of drug-likeness (QED) is 0.604. The Morgan fingerprint density at radius 1 is 1.62 bits per heavy atom. The second-order valence-corrected chi connectivity index (χ2v) is 1.50. The lowest BCUT2D eigenvalue weighted by atomic mass is 10.3. The lowest BCUT2D eigenvalue weighted by molar-refractivity contribution is -0.137. The van der Waals surface area contributed by atoms with Crippen LogP contribution < -0.4 is 0 Å². The van der Waals surface area contributed by atoms with E-state index in [1.54, 1.807) is 0 Å². The van der Waals surface area contributed by atoms with Crippen LogP contribution in [0.4, 0.5) is 0 Å². The SMILES string of the molecule is CCCCC(=O)O.[CH]. The van der Waals surface area contributed by atoms with Gasteiger partial charge in [-0.1, -0.05) is 13.3 Å². The number of carboxylic acid groups (broad SMARTS) is 1. The van der Waals surface area contributed by atoms with Crippen LogP contribution in [0.25, 0.3) is 0 Å². The lowest BCUT2D eigenvalue weighted by Crippen LogP contribution is -1.91. The van der Waals surface area contributed by atoms with Crippen molar-refractivity contribution in [2.75, 3.05) is 0 Å². The van der Waals surface area contributed by atoms with Crippen molar-refractivity contribution in [2.45, 2.75) is 26.2 Å². The summed E-state index contributed by atoms with van der Waals surface area (Å²) in [5, 5.41) is 8.04. The zero-order valence-corrected chi connectivity index (χ0v) is 5.05. The van der Waals surface area contributed by atoms with E-state index >= 15 is 0 Å². The van der Waals surface area contributed by atoms with Gasteiger partial charge in [0.1, 0.15) is 0 Å². The van der Waals surface area contributed by atoms with Gasteiger partial charge in [-0.2, -0.15) is 0 Å². The summed E-state index contributed by atoms with van der Waals surface area (Å²) in [6.45, 7) is 1.98. The van der Waals surface area contributed by atoms with Crippen LogP contribution >= 0.6 is 0 Å². The van der Waals surface area contributed by atoms with Crippen LogP contribution in [0.5, 0.6) is 0 Å². The van der Waals surface area contributed by atoms with Crippen molar-refractivity contribution in [3.05, 3.63) is 7.43 Å². The molecule has 0 spiro atoms. The maximum absolute atomic E-state index is 9.76. The molecule has 0 aliphatic carbocycles. The van der Waals surface area contributed by atoms with Crippen LogP contribution in [0.1, 0.15) is 26.2 Å². The molecule has 2 heteroatoms. The van der Waals surface area contributed by atoms with Gasteiger partial charge < -0.3 is 5.11 Å². The molecule has 0 saturated carbocycles. The Morgan fingerprint density at radius 2 is 2.12 bits per heavy atom. The Morgan fingerprint density at radius 3 is 2.25 bits per heavy atom. The van der Waals surface area contributed by atoms with Crippen LogP contribution in [-0.2, 0) is 4.79 Å². The fraction of sp³-hybridized carbons (Fsp3) is 0.667. The van der Waals surface area contributed by atoms with Gasteiger partial charge in [-0.3, -0.25) is 4.79 Å². The smallest absolute Gasteiger partial charge is 0.303 e. The number of rotatable bonds is 3. The first kappa shape index (κ1) is 10.5. The number of aliphatic carboxylic acids is 1. The van der Waals surface area contributed by atoms with Crippen molar-refractivity contribution >= 4 is 5.97 Å². The van der Waals surface area contributed by atoms with Crippen LogP contribution in [0.3, 0.4) is 0 Å². The number of carboxylic acids is 1. The van der Waals surface area contributed by atoms with Crippen LogP contribution in [0.2, 0.25) is 0 Å². The first-order valence-corrected chi connectivity index (χ1v) is 2.49.